The summed E-state index contributed by atoms with van der Waals surface area (Å²) in [4.78, 5) is 17.6. The van der Waals surface area contributed by atoms with Crippen LogP contribution in [0.3, 0.4) is 0 Å². The summed E-state index contributed by atoms with van der Waals surface area (Å²) in [6.45, 7) is 8.34. The topological polar surface area (TPSA) is 106 Å². The van der Waals surface area contributed by atoms with Crippen molar-refractivity contribution in [2.75, 3.05) is 42.6 Å². The van der Waals surface area contributed by atoms with Gasteiger partial charge in [-0.25, -0.2) is 23.1 Å². The lowest BCUT2D eigenvalue weighted by atomic mass is 9.98. The summed E-state index contributed by atoms with van der Waals surface area (Å²) in [6.07, 6.45) is 6.57. The first kappa shape index (κ1) is 26.6. The molecule has 12 heteroatoms. The average molecular weight is 520 g/mol. The molecule has 3 aromatic rings. The number of nitrogens with two attached hydrogens (primary N) is 1. The molecule has 9 nitrogen and oxygen atoms in total. The summed E-state index contributed by atoms with van der Waals surface area (Å²) in [5.41, 5.74) is 5.95. The molecule has 1 unspecified atom stereocenters. The smallest absolute Gasteiger partial charge is 0.324 e. The summed E-state index contributed by atoms with van der Waals surface area (Å²) in [5.74, 6) is 0.0291. The van der Waals surface area contributed by atoms with Crippen LogP contribution in [0.1, 0.15) is 44.9 Å². The highest BCUT2D eigenvalue weighted by atomic mass is 19.2. The average Bonchev–Trinajstić information content (AvgIpc) is 3.56. The summed E-state index contributed by atoms with van der Waals surface area (Å²) in [5, 5.41) is 4.05. The lowest BCUT2D eigenvalue weighted by Crippen LogP contribution is -2.35. The monoisotopic (exact) mass is 519 g/mol. The number of rotatable bonds is 6. The van der Waals surface area contributed by atoms with E-state index in [1.165, 1.54) is 0 Å². The van der Waals surface area contributed by atoms with Gasteiger partial charge in [0.15, 0.2) is 23.2 Å². The highest BCUT2D eigenvalue weighted by Gasteiger charge is 2.24. The van der Waals surface area contributed by atoms with E-state index in [4.69, 9.17) is 15.0 Å². The van der Waals surface area contributed by atoms with Crippen LogP contribution in [-0.4, -0.2) is 58.9 Å². The first-order valence-corrected chi connectivity index (χ1v) is 12.4. The van der Waals surface area contributed by atoms with Gasteiger partial charge in [-0.2, -0.15) is 4.98 Å². The molecule has 5 rings (SSSR count). The van der Waals surface area contributed by atoms with Gasteiger partial charge in [0.25, 0.3) is 0 Å². The van der Waals surface area contributed by atoms with E-state index in [0.717, 1.165) is 69.3 Å². The Bertz CT molecular complexity index is 1140. The Labute approximate surface area is 213 Å². The molecule has 2 aromatic heterocycles. The van der Waals surface area contributed by atoms with Crippen LogP contribution in [0.15, 0.2) is 35.1 Å². The van der Waals surface area contributed by atoms with Crippen molar-refractivity contribution < 1.29 is 22.4 Å². The molecule has 2 aliphatic heterocycles. The van der Waals surface area contributed by atoms with Crippen molar-refractivity contribution in [3.63, 3.8) is 0 Å². The molecule has 37 heavy (non-hydrogen) atoms. The Kier molecular flexibility index (Phi) is 8.80. The van der Waals surface area contributed by atoms with Gasteiger partial charge >= 0.3 is 6.01 Å². The predicted molar refractivity (Wildman–Crippen MR) is 132 cm³/mol. The minimum Gasteiger partial charge on any atom is -0.490 e. The van der Waals surface area contributed by atoms with Crippen LogP contribution < -0.4 is 20.3 Å². The molecule has 2 N–H and O–H groups in total. The van der Waals surface area contributed by atoms with Gasteiger partial charge in [0.05, 0.1) is 19.0 Å². The molecular formula is C25H32F3N7O2. The molecule has 4 heterocycles. The molecule has 0 bridgehead atoms. The second-order valence-electron chi connectivity index (χ2n) is 9.60. The maximum absolute atomic E-state index is 12.0. The molecule has 2 aliphatic rings. The van der Waals surface area contributed by atoms with Gasteiger partial charge in [-0.1, -0.05) is 19.0 Å². The molecule has 0 saturated carbocycles. The fourth-order valence-corrected chi connectivity index (χ4v) is 4.08. The molecule has 1 aromatic carbocycles. The van der Waals surface area contributed by atoms with Gasteiger partial charge in [-0.15, -0.1) is 0 Å². The van der Waals surface area contributed by atoms with Gasteiger partial charge in [0.1, 0.15) is 5.82 Å². The first-order valence-electron chi connectivity index (χ1n) is 12.4. The molecule has 0 amide bonds. The largest absolute Gasteiger partial charge is 0.490 e. The molecule has 0 aliphatic carbocycles. The number of ether oxygens (including phenoxy) is 1. The number of piperidine rings is 1. The number of hydrogen-bond acceptors (Lipinski definition) is 9. The van der Waals surface area contributed by atoms with Crippen LogP contribution in [0.2, 0.25) is 0 Å². The van der Waals surface area contributed by atoms with Crippen molar-refractivity contribution in [1.29, 1.82) is 0 Å². The van der Waals surface area contributed by atoms with E-state index in [1.54, 1.807) is 12.4 Å². The third-order valence-corrected chi connectivity index (χ3v) is 6.32. The number of nitrogens with zero attached hydrogens (tertiary/aromatic N) is 6. The quantitative estimate of drug-likeness (QED) is 0.485. The van der Waals surface area contributed by atoms with Crippen molar-refractivity contribution in [2.24, 2.45) is 11.7 Å². The molecule has 0 radical (unpaired) electrons. The molecule has 1 atom stereocenters. The van der Waals surface area contributed by atoms with E-state index in [1.807, 2.05) is 0 Å². The summed E-state index contributed by atoms with van der Waals surface area (Å²) in [6, 6.07) is 2.95. The maximum Gasteiger partial charge on any atom is 0.324 e. The standard InChI is InChI=1S/C19H29N7O2.C6H3F3/c1-13(2)17-23-19(28-24-17)25-6-3-14(4-7-25)12-27-16-9-21-18(22-10-16)26-8-5-15(20)11-26;7-4-1-2-5(8)6(9)3-4/h9-10,13-15H,3-8,11-12,20H2,1-2H3;1-3H. The zero-order chi connectivity index (χ0) is 26.4. The second-order valence-corrected chi connectivity index (χ2v) is 9.60. The van der Waals surface area contributed by atoms with E-state index in [-0.39, 0.29) is 12.0 Å². The van der Waals surface area contributed by atoms with Crippen LogP contribution in [-0.2, 0) is 0 Å². The Morgan fingerprint density at radius 3 is 2.30 bits per heavy atom. The van der Waals surface area contributed by atoms with Gasteiger partial charge in [0, 0.05) is 44.2 Å². The number of hydrogen-bond donors (Lipinski definition) is 1. The lowest BCUT2D eigenvalue weighted by molar-refractivity contribution is 0.219. The fraction of sp³-hybridized carbons (Fsp3) is 0.520. The van der Waals surface area contributed by atoms with Crippen LogP contribution in [0.5, 0.6) is 5.75 Å². The van der Waals surface area contributed by atoms with Crippen molar-refractivity contribution >= 4 is 12.0 Å². The third kappa shape index (κ3) is 7.31. The lowest BCUT2D eigenvalue weighted by Gasteiger charge is -2.30. The van der Waals surface area contributed by atoms with Crippen molar-refractivity contribution in [3.8, 4) is 5.75 Å². The van der Waals surface area contributed by atoms with Crippen LogP contribution >= 0.6 is 0 Å². The second kappa shape index (κ2) is 12.2. The Balaban J connectivity index is 0.000000301. The fourth-order valence-electron chi connectivity index (χ4n) is 4.08. The summed E-state index contributed by atoms with van der Waals surface area (Å²) < 4.78 is 47.2. The van der Waals surface area contributed by atoms with Gasteiger partial charge in [0.2, 0.25) is 5.95 Å². The number of benzene rings is 1. The Morgan fingerprint density at radius 2 is 1.73 bits per heavy atom. The van der Waals surface area contributed by atoms with E-state index in [9.17, 15) is 13.2 Å². The molecule has 0 spiro atoms. The van der Waals surface area contributed by atoms with Crippen LogP contribution in [0, 0.1) is 23.4 Å². The van der Waals surface area contributed by atoms with Crippen molar-refractivity contribution in [3.05, 3.63) is 53.9 Å². The summed E-state index contributed by atoms with van der Waals surface area (Å²) in [7, 11) is 0. The number of halogens is 3. The van der Waals surface area contributed by atoms with E-state index in [0.29, 0.717) is 30.4 Å². The maximum atomic E-state index is 12.0. The molecular weight excluding hydrogens is 487 g/mol. The van der Waals surface area contributed by atoms with Gasteiger partial charge < -0.3 is 24.8 Å². The Hall–Kier alpha value is -3.41. The highest BCUT2D eigenvalue weighted by molar-refractivity contribution is 5.33. The normalized spacial score (nSPS) is 18.2. The minimum atomic E-state index is -1.16. The first-order chi connectivity index (χ1) is 17.8. The predicted octanol–water partition coefficient (Wildman–Crippen LogP) is 3.92. The molecule has 2 fully saturated rings. The molecule has 200 valence electrons. The minimum absolute atomic E-state index is 0.217. The Morgan fingerprint density at radius 1 is 1.03 bits per heavy atom. The summed E-state index contributed by atoms with van der Waals surface area (Å²) >= 11 is 0. The zero-order valence-corrected chi connectivity index (χ0v) is 21.0. The zero-order valence-electron chi connectivity index (χ0n) is 21.0. The van der Waals surface area contributed by atoms with E-state index < -0.39 is 17.5 Å². The van der Waals surface area contributed by atoms with Crippen LogP contribution in [0.4, 0.5) is 25.1 Å². The van der Waals surface area contributed by atoms with Gasteiger partial charge in [-0.3, -0.25) is 0 Å². The molecule has 2 saturated heterocycles. The van der Waals surface area contributed by atoms with Gasteiger partial charge in [-0.05, 0) is 37.3 Å². The van der Waals surface area contributed by atoms with Crippen LogP contribution in [0.25, 0.3) is 0 Å². The van der Waals surface area contributed by atoms with E-state index in [2.05, 4.69) is 43.8 Å². The SMILES string of the molecule is CC(C)c1noc(N2CCC(COc3cnc(N4CCC(N)C4)nc3)CC2)n1.Fc1ccc(F)c(F)c1. The van der Waals surface area contributed by atoms with E-state index >= 15 is 0 Å². The number of aromatic nitrogens is 4. The highest BCUT2D eigenvalue weighted by Crippen LogP contribution is 2.24. The number of anilines is 2. The third-order valence-electron chi connectivity index (χ3n) is 6.32. The van der Waals surface area contributed by atoms with Crippen molar-refractivity contribution in [1.82, 2.24) is 20.1 Å². The van der Waals surface area contributed by atoms with Crippen molar-refractivity contribution in [2.45, 2.75) is 45.1 Å².